The van der Waals surface area contributed by atoms with E-state index in [-0.39, 0.29) is 29.8 Å². The molecule has 2 aliphatic carbocycles. The maximum Gasteiger partial charge on any atom is 0.341 e. The number of aryl methyl sites for hydroxylation is 1. The van der Waals surface area contributed by atoms with Gasteiger partial charge in [0.1, 0.15) is 10.6 Å². The number of carboxylic acids is 1. The molecule has 1 saturated carbocycles. The third-order valence-corrected chi connectivity index (χ3v) is 7.91. The number of amides is 1. The second-order valence-corrected chi connectivity index (χ2v) is 11.3. The molecule has 0 spiro atoms. The Balaban J connectivity index is 1.71. The van der Waals surface area contributed by atoms with Crippen LogP contribution in [0.1, 0.15) is 54.9 Å². The normalized spacial score (nSPS) is 23.2. The molecule has 2 aliphatic rings. The van der Waals surface area contributed by atoms with E-state index >= 15 is 0 Å². The standard InChI is InChI=1S/C27H31NO5S/c1-6-33-26(32)22-19(15-9-11-18(12-10-15)27(3,4)5)14(2)34-24(22)28-23(29)20-16-7-8-17(13-16)21(20)25(30)31/h7-12,16-17,20-21H,6,13H2,1-5H3,(H,28,29)(H,30,31)/t16-,17-,20-,21+/m0/s1. The summed E-state index contributed by atoms with van der Waals surface area (Å²) in [5.41, 5.74) is 3.12. The minimum atomic E-state index is -0.954. The highest BCUT2D eigenvalue weighted by Gasteiger charge is 2.51. The van der Waals surface area contributed by atoms with Gasteiger partial charge in [0.05, 0.1) is 18.4 Å². The number of aliphatic carboxylic acids is 1. The largest absolute Gasteiger partial charge is 0.481 e. The number of hydrogen-bond acceptors (Lipinski definition) is 5. The number of carbonyl (C=O) groups excluding carboxylic acids is 2. The number of carbonyl (C=O) groups is 3. The Bertz CT molecular complexity index is 1150. The highest BCUT2D eigenvalue weighted by Crippen LogP contribution is 2.49. The molecule has 6 nitrogen and oxygen atoms in total. The lowest BCUT2D eigenvalue weighted by molar-refractivity contribution is -0.146. The predicted octanol–water partition coefficient (Wildman–Crippen LogP) is 5.66. The Kier molecular flexibility index (Phi) is 6.42. The van der Waals surface area contributed by atoms with Gasteiger partial charge in [-0.25, -0.2) is 4.79 Å². The van der Waals surface area contributed by atoms with Crippen LogP contribution in [0.15, 0.2) is 36.4 Å². The summed E-state index contributed by atoms with van der Waals surface area (Å²) in [6.45, 7) is 10.3. The zero-order valence-electron chi connectivity index (χ0n) is 20.2. The SMILES string of the molecule is CCOC(=O)c1c(NC(=O)[C@@H]2[C@H](C(=O)O)[C@H]3C=C[C@H]2C3)sc(C)c1-c1ccc(C(C)(C)C)cc1. The van der Waals surface area contributed by atoms with Gasteiger partial charge in [0, 0.05) is 10.4 Å². The fraction of sp³-hybridized carbons (Fsp3) is 0.444. The van der Waals surface area contributed by atoms with E-state index < -0.39 is 23.8 Å². The molecule has 4 atom stereocenters. The highest BCUT2D eigenvalue weighted by atomic mass is 32.1. The second kappa shape index (κ2) is 9.02. The molecule has 1 aromatic carbocycles. The Morgan fingerprint density at radius 3 is 2.26 bits per heavy atom. The number of hydrogen-bond donors (Lipinski definition) is 2. The first-order valence-corrected chi connectivity index (χ1v) is 12.5. The van der Waals surface area contributed by atoms with E-state index in [1.807, 2.05) is 31.2 Å². The molecule has 1 aromatic heterocycles. The summed E-state index contributed by atoms with van der Waals surface area (Å²) in [5, 5.41) is 13.0. The number of thiophene rings is 1. The minimum absolute atomic E-state index is 0.00111. The van der Waals surface area contributed by atoms with Crippen molar-refractivity contribution in [1.82, 2.24) is 0 Å². The maximum atomic E-state index is 13.3. The van der Waals surface area contributed by atoms with Crippen LogP contribution < -0.4 is 5.32 Å². The third-order valence-electron chi connectivity index (χ3n) is 6.89. The molecule has 0 saturated heterocycles. The molecule has 0 aliphatic heterocycles. The lowest BCUT2D eigenvalue weighted by Crippen LogP contribution is -2.36. The minimum Gasteiger partial charge on any atom is -0.481 e. The van der Waals surface area contributed by atoms with E-state index in [1.54, 1.807) is 6.92 Å². The lowest BCUT2D eigenvalue weighted by atomic mass is 9.82. The number of carboxylic acid groups (broad SMARTS) is 1. The number of ether oxygens (including phenoxy) is 1. The number of rotatable bonds is 6. The van der Waals surface area contributed by atoms with Crippen LogP contribution in [0.3, 0.4) is 0 Å². The molecule has 2 bridgehead atoms. The van der Waals surface area contributed by atoms with Gasteiger partial charge < -0.3 is 15.2 Å². The van der Waals surface area contributed by atoms with Crippen molar-refractivity contribution >= 4 is 34.2 Å². The highest BCUT2D eigenvalue weighted by molar-refractivity contribution is 7.17. The Morgan fingerprint density at radius 1 is 1.09 bits per heavy atom. The summed E-state index contributed by atoms with van der Waals surface area (Å²) in [6.07, 6.45) is 4.53. The van der Waals surface area contributed by atoms with Crippen molar-refractivity contribution in [3.63, 3.8) is 0 Å². The summed E-state index contributed by atoms with van der Waals surface area (Å²) >= 11 is 1.32. The molecule has 1 amide bonds. The fourth-order valence-electron chi connectivity index (χ4n) is 5.23. The van der Waals surface area contributed by atoms with Gasteiger partial charge in [-0.05, 0) is 48.6 Å². The number of anilines is 1. The summed E-state index contributed by atoms with van der Waals surface area (Å²) < 4.78 is 5.35. The van der Waals surface area contributed by atoms with Gasteiger partial charge in [0.2, 0.25) is 5.91 Å². The molecule has 0 unspecified atom stereocenters. The summed E-state index contributed by atoms with van der Waals surface area (Å²) in [7, 11) is 0. The molecule has 1 fully saturated rings. The quantitative estimate of drug-likeness (QED) is 0.410. The molecule has 4 rings (SSSR count). The fourth-order valence-corrected chi connectivity index (χ4v) is 6.29. The summed E-state index contributed by atoms with van der Waals surface area (Å²) in [6, 6.07) is 8.09. The molecule has 2 aromatic rings. The first-order chi connectivity index (χ1) is 16.0. The van der Waals surface area contributed by atoms with E-state index in [0.717, 1.165) is 16.0 Å². The van der Waals surface area contributed by atoms with E-state index in [9.17, 15) is 19.5 Å². The first-order valence-electron chi connectivity index (χ1n) is 11.7. The van der Waals surface area contributed by atoms with E-state index in [2.05, 4.69) is 38.2 Å². The summed E-state index contributed by atoms with van der Waals surface area (Å²) in [4.78, 5) is 39.1. The molecule has 2 N–H and O–H groups in total. The molecular formula is C27H31NO5S. The van der Waals surface area contributed by atoms with Crippen LogP contribution >= 0.6 is 11.3 Å². The number of allylic oxidation sites excluding steroid dienone is 2. The molecule has 7 heteroatoms. The predicted molar refractivity (Wildman–Crippen MR) is 133 cm³/mol. The van der Waals surface area contributed by atoms with Gasteiger partial charge in [-0.1, -0.05) is 57.2 Å². The van der Waals surface area contributed by atoms with Gasteiger partial charge in [0.25, 0.3) is 0 Å². The van der Waals surface area contributed by atoms with E-state index in [1.165, 1.54) is 16.9 Å². The van der Waals surface area contributed by atoms with Crippen LogP contribution in [0.5, 0.6) is 0 Å². The van der Waals surface area contributed by atoms with Crippen molar-refractivity contribution < 1.29 is 24.2 Å². The monoisotopic (exact) mass is 481 g/mol. The van der Waals surface area contributed by atoms with E-state index in [4.69, 9.17) is 4.74 Å². The van der Waals surface area contributed by atoms with Crippen molar-refractivity contribution in [3.05, 3.63) is 52.4 Å². The average molecular weight is 482 g/mol. The van der Waals surface area contributed by atoms with Crippen molar-refractivity contribution in [3.8, 4) is 11.1 Å². The zero-order chi connectivity index (χ0) is 24.8. The van der Waals surface area contributed by atoms with Gasteiger partial charge in [-0.3, -0.25) is 9.59 Å². The molecule has 34 heavy (non-hydrogen) atoms. The van der Waals surface area contributed by atoms with Crippen LogP contribution in [0.25, 0.3) is 11.1 Å². The molecule has 180 valence electrons. The number of esters is 1. The van der Waals surface area contributed by atoms with E-state index in [0.29, 0.717) is 17.0 Å². The average Bonchev–Trinajstić information content (AvgIpc) is 3.46. The van der Waals surface area contributed by atoms with Crippen molar-refractivity contribution in [1.29, 1.82) is 0 Å². The van der Waals surface area contributed by atoms with Crippen molar-refractivity contribution in [2.24, 2.45) is 23.7 Å². The number of fused-ring (bicyclic) bond motifs is 2. The molecule has 1 heterocycles. The Hall–Kier alpha value is -2.93. The van der Waals surface area contributed by atoms with Crippen LogP contribution in [0.4, 0.5) is 5.00 Å². The number of nitrogens with one attached hydrogen (secondary N) is 1. The smallest absolute Gasteiger partial charge is 0.341 e. The molecule has 0 radical (unpaired) electrons. The lowest BCUT2D eigenvalue weighted by Gasteiger charge is -2.23. The van der Waals surface area contributed by atoms with Gasteiger partial charge >= 0.3 is 11.9 Å². The summed E-state index contributed by atoms with van der Waals surface area (Å²) in [5.74, 6) is -3.42. The van der Waals surface area contributed by atoms with Crippen LogP contribution in [-0.2, 0) is 19.7 Å². The van der Waals surface area contributed by atoms with Crippen LogP contribution in [0, 0.1) is 30.6 Å². The maximum absolute atomic E-state index is 13.3. The second-order valence-electron chi connectivity index (χ2n) is 10.1. The van der Waals surface area contributed by atoms with Gasteiger partial charge in [-0.2, -0.15) is 0 Å². The third kappa shape index (κ3) is 4.29. The number of benzene rings is 1. The first kappa shape index (κ1) is 24.2. The van der Waals surface area contributed by atoms with Gasteiger partial charge in [0.15, 0.2) is 0 Å². The van der Waals surface area contributed by atoms with Crippen LogP contribution in [0.2, 0.25) is 0 Å². The molecular weight excluding hydrogens is 450 g/mol. The van der Waals surface area contributed by atoms with Crippen molar-refractivity contribution in [2.45, 2.75) is 46.5 Å². The van der Waals surface area contributed by atoms with Gasteiger partial charge in [-0.15, -0.1) is 11.3 Å². The Morgan fingerprint density at radius 2 is 1.71 bits per heavy atom. The van der Waals surface area contributed by atoms with Crippen LogP contribution in [-0.4, -0.2) is 29.6 Å². The zero-order valence-corrected chi connectivity index (χ0v) is 21.0. The topological polar surface area (TPSA) is 92.7 Å². The van der Waals surface area contributed by atoms with Crippen molar-refractivity contribution in [2.75, 3.05) is 11.9 Å². The Labute approximate surface area is 204 Å².